The molecule has 1 heterocycles. The zero-order valence-electron chi connectivity index (χ0n) is 13.9. The smallest absolute Gasteiger partial charge is 0.343 e. The van der Waals surface area contributed by atoms with Gasteiger partial charge in [0, 0.05) is 30.2 Å². The number of esters is 1. The van der Waals surface area contributed by atoms with E-state index < -0.39 is 10.9 Å². The molecule has 27 heavy (non-hydrogen) atoms. The summed E-state index contributed by atoms with van der Waals surface area (Å²) >= 11 is 0. The molecule has 1 N–H and O–H groups in total. The molecule has 0 aliphatic carbocycles. The molecular formula is C19H13N3O5. The van der Waals surface area contributed by atoms with Crippen LogP contribution in [0.15, 0.2) is 73.1 Å². The molecule has 0 bridgehead atoms. The zero-order valence-corrected chi connectivity index (χ0v) is 13.9. The number of hydrogen-bond donors (Lipinski definition) is 1. The second kappa shape index (κ2) is 7.87. The largest absolute Gasteiger partial charge is 0.423 e. The molecule has 8 heteroatoms. The van der Waals surface area contributed by atoms with E-state index in [9.17, 15) is 19.7 Å². The molecule has 1 amide bonds. The van der Waals surface area contributed by atoms with Crippen molar-refractivity contribution >= 4 is 23.3 Å². The number of rotatable bonds is 5. The molecule has 0 aliphatic heterocycles. The van der Waals surface area contributed by atoms with E-state index in [-0.39, 0.29) is 22.9 Å². The Morgan fingerprint density at radius 3 is 2.41 bits per heavy atom. The predicted molar refractivity (Wildman–Crippen MR) is 96.7 cm³/mol. The van der Waals surface area contributed by atoms with E-state index in [2.05, 4.69) is 10.3 Å². The van der Waals surface area contributed by atoms with E-state index >= 15 is 0 Å². The van der Waals surface area contributed by atoms with Gasteiger partial charge in [0.15, 0.2) is 0 Å². The Balaban J connectivity index is 1.70. The fourth-order valence-electron chi connectivity index (χ4n) is 2.23. The van der Waals surface area contributed by atoms with E-state index in [1.54, 1.807) is 30.5 Å². The third-order valence-electron chi connectivity index (χ3n) is 3.54. The number of non-ortho nitro benzene ring substituents is 1. The molecular weight excluding hydrogens is 350 g/mol. The average Bonchev–Trinajstić information content (AvgIpc) is 2.69. The third kappa shape index (κ3) is 4.51. The zero-order chi connectivity index (χ0) is 19.2. The third-order valence-corrected chi connectivity index (χ3v) is 3.54. The monoisotopic (exact) mass is 363 g/mol. The Morgan fingerprint density at radius 2 is 1.74 bits per heavy atom. The van der Waals surface area contributed by atoms with Crippen LogP contribution in [-0.4, -0.2) is 21.8 Å². The molecule has 134 valence electrons. The molecule has 0 aliphatic rings. The summed E-state index contributed by atoms with van der Waals surface area (Å²) in [6, 6.07) is 14.7. The predicted octanol–water partition coefficient (Wildman–Crippen LogP) is 3.46. The standard InChI is InChI=1S/C19H13N3O5/c23-18(14-4-2-10-20-12-14)21-15-5-1-3-13(11-15)19(24)27-17-8-6-16(7-9-17)22(25)26/h1-12H,(H,21,23). The van der Waals surface area contributed by atoms with Gasteiger partial charge < -0.3 is 10.1 Å². The summed E-state index contributed by atoms with van der Waals surface area (Å²) in [6.07, 6.45) is 2.99. The second-order valence-electron chi connectivity index (χ2n) is 5.42. The summed E-state index contributed by atoms with van der Waals surface area (Å²) in [6.45, 7) is 0. The van der Waals surface area contributed by atoms with Gasteiger partial charge in [-0.15, -0.1) is 0 Å². The van der Waals surface area contributed by atoms with Crippen LogP contribution in [0.5, 0.6) is 5.75 Å². The summed E-state index contributed by atoms with van der Waals surface area (Å²) < 4.78 is 5.20. The first-order valence-electron chi connectivity index (χ1n) is 7.81. The first-order valence-corrected chi connectivity index (χ1v) is 7.81. The Kier molecular flexibility index (Phi) is 5.17. The SMILES string of the molecule is O=C(Nc1cccc(C(=O)Oc2ccc([N+](=O)[O-])cc2)c1)c1cccnc1. The number of nitrogens with one attached hydrogen (secondary N) is 1. The van der Waals surface area contributed by atoms with E-state index in [1.807, 2.05) is 0 Å². The Morgan fingerprint density at radius 1 is 1.00 bits per heavy atom. The lowest BCUT2D eigenvalue weighted by atomic mass is 10.2. The molecule has 0 saturated carbocycles. The van der Waals surface area contributed by atoms with Crippen molar-refractivity contribution in [1.82, 2.24) is 4.98 Å². The van der Waals surface area contributed by atoms with E-state index in [0.717, 1.165) is 0 Å². The number of nitro benzene ring substituents is 1. The van der Waals surface area contributed by atoms with Crippen LogP contribution in [0.2, 0.25) is 0 Å². The number of nitro groups is 1. The summed E-state index contributed by atoms with van der Waals surface area (Å²) in [5, 5.41) is 13.3. The van der Waals surface area contributed by atoms with Gasteiger partial charge in [-0.05, 0) is 42.5 Å². The molecule has 0 saturated heterocycles. The minimum Gasteiger partial charge on any atom is -0.423 e. The highest BCUT2D eigenvalue weighted by Gasteiger charge is 2.12. The van der Waals surface area contributed by atoms with Crippen molar-refractivity contribution in [1.29, 1.82) is 0 Å². The molecule has 1 aromatic heterocycles. The van der Waals surface area contributed by atoms with Crippen LogP contribution >= 0.6 is 0 Å². The van der Waals surface area contributed by atoms with E-state index in [0.29, 0.717) is 11.3 Å². The lowest BCUT2D eigenvalue weighted by molar-refractivity contribution is -0.384. The number of aromatic nitrogens is 1. The average molecular weight is 363 g/mol. The van der Waals surface area contributed by atoms with Gasteiger partial charge in [-0.25, -0.2) is 4.79 Å². The van der Waals surface area contributed by atoms with E-state index in [4.69, 9.17) is 4.74 Å². The molecule has 0 unspecified atom stereocenters. The fraction of sp³-hybridized carbons (Fsp3) is 0. The van der Waals surface area contributed by atoms with Gasteiger partial charge >= 0.3 is 5.97 Å². The molecule has 8 nitrogen and oxygen atoms in total. The molecule has 0 spiro atoms. The maximum Gasteiger partial charge on any atom is 0.343 e. The Labute approximate surface area is 153 Å². The van der Waals surface area contributed by atoms with Gasteiger partial charge in [-0.3, -0.25) is 19.9 Å². The van der Waals surface area contributed by atoms with Crippen molar-refractivity contribution in [2.75, 3.05) is 5.32 Å². The highest BCUT2D eigenvalue weighted by molar-refractivity contribution is 6.04. The maximum absolute atomic E-state index is 12.3. The van der Waals surface area contributed by atoms with Crippen LogP contribution in [-0.2, 0) is 0 Å². The first-order chi connectivity index (χ1) is 13.0. The Hall–Kier alpha value is -4.07. The topological polar surface area (TPSA) is 111 Å². The molecule has 3 aromatic rings. The summed E-state index contributed by atoms with van der Waals surface area (Å²) in [4.78, 5) is 38.4. The number of benzene rings is 2. The number of anilines is 1. The summed E-state index contributed by atoms with van der Waals surface area (Å²) in [7, 11) is 0. The summed E-state index contributed by atoms with van der Waals surface area (Å²) in [5.41, 5.74) is 0.922. The second-order valence-corrected chi connectivity index (χ2v) is 5.42. The van der Waals surface area contributed by atoms with Gasteiger partial charge in [-0.1, -0.05) is 6.07 Å². The van der Waals surface area contributed by atoms with Crippen LogP contribution in [0.4, 0.5) is 11.4 Å². The van der Waals surface area contributed by atoms with Crippen LogP contribution in [0.25, 0.3) is 0 Å². The van der Waals surface area contributed by atoms with Crippen molar-refractivity contribution in [3.63, 3.8) is 0 Å². The van der Waals surface area contributed by atoms with Crippen LogP contribution in [0, 0.1) is 10.1 Å². The van der Waals surface area contributed by atoms with E-state index in [1.165, 1.54) is 42.6 Å². The van der Waals surface area contributed by atoms with Gasteiger partial charge in [0.05, 0.1) is 16.1 Å². The molecule has 0 fully saturated rings. The van der Waals surface area contributed by atoms with Gasteiger partial charge in [0.2, 0.25) is 0 Å². The maximum atomic E-state index is 12.3. The summed E-state index contributed by atoms with van der Waals surface area (Å²) in [5.74, 6) is -0.833. The van der Waals surface area contributed by atoms with Gasteiger partial charge in [0.1, 0.15) is 5.75 Å². The molecule has 0 radical (unpaired) electrons. The van der Waals surface area contributed by atoms with Crippen molar-refractivity contribution in [3.05, 3.63) is 94.3 Å². The number of carbonyl (C=O) groups excluding carboxylic acids is 2. The highest BCUT2D eigenvalue weighted by atomic mass is 16.6. The van der Waals surface area contributed by atoms with Gasteiger partial charge in [-0.2, -0.15) is 0 Å². The van der Waals surface area contributed by atoms with Crippen LogP contribution in [0.1, 0.15) is 20.7 Å². The number of carbonyl (C=O) groups is 2. The lowest BCUT2D eigenvalue weighted by Gasteiger charge is -2.08. The molecule has 2 aromatic carbocycles. The number of pyridine rings is 1. The normalized spacial score (nSPS) is 10.1. The number of nitrogens with zero attached hydrogens (tertiary/aromatic N) is 2. The van der Waals surface area contributed by atoms with Crippen molar-refractivity contribution < 1.29 is 19.2 Å². The lowest BCUT2D eigenvalue weighted by Crippen LogP contribution is -2.13. The van der Waals surface area contributed by atoms with Crippen molar-refractivity contribution in [2.24, 2.45) is 0 Å². The quantitative estimate of drug-likeness (QED) is 0.322. The van der Waals surface area contributed by atoms with Crippen LogP contribution < -0.4 is 10.1 Å². The van der Waals surface area contributed by atoms with Gasteiger partial charge in [0.25, 0.3) is 11.6 Å². The van der Waals surface area contributed by atoms with Crippen molar-refractivity contribution in [3.8, 4) is 5.75 Å². The minimum atomic E-state index is -0.652. The number of amides is 1. The minimum absolute atomic E-state index is 0.102. The van der Waals surface area contributed by atoms with Crippen LogP contribution in [0.3, 0.4) is 0 Å². The molecule has 0 atom stereocenters. The molecule has 3 rings (SSSR count). The fourth-order valence-corrected chi connectivity index (χ4v) is 2.23. The first kappa shape index (κ1) is 17.7. The van der Waals surface area contributed by atoms with Crippen molar-refractivity contribution in [2.45, 2.75) is 0 Å². The number of hydrogen-bond acceptors (Lipinski definition) is 6. The number of ether oxygens (including phenoxy) is 1. The Bertz CT molecular complexity index is 988. The highest BCUT2D eigenvalue weighted by Crippen LogP contribution is 2.19.